The Hall–Kier alpha value is -0.430. The minimum Gasteiger partial charge on any atom is -0.381 e. The van der Waals surface area contributed by atoms with Crippen LogP contribution in [0.3, 0.4) is 0 Å². The molecular weight excluding hydrogens is 236 g/mol. The molecule has 0 aromatic carbocycles. The molecule has 0 unspecified atom stereocenters. The van der Waals surface area contributed by atoms with E-state index in [2.05, 4.69) is 5.38 Å². The van der Waals surface area contributed by atoms with Gasteiger partial charge < -0.3 is 4.74 Å². The SMILES string of the molecule is O=S(=O)(O)CCCOCCc1ccsc1. The minimum absolute atomic E-state index is 0.231. The summed E-state index contributed by atoms with van der Waals surface area (Å²) in [6.07, 6.45) is 1.18. The fourth-order valence-electron chi connectivity index (χ4n) is 1.07. The van der Waals surface area contributed by atoms with Gasteiger partial charge in [-0.05, 0) is 35.2 Å². The maximum absolute atomic E-state index is 10.4. The van der Waals surface area contributed by atoms with Crippen LogP contribution in [0.15, 0.2) is 16.8 Å². The Kier molecular flexibility index (Phi) is 5.24. The highest BCUT2D eigenvalue weighted by atomic mass is 32.2. The first-order valence-corrected chi connectivity index (χ1v) is 7.17. The molecule has 1 N–H and O–H groups in total. The largest absolute Gasteiger partial charge is 0.381 e. The molecule has 0 saturated carbocycles. The van der Waals surface area contributed by atoms with Gasteiger partial charge in [-0.3, -0.25) is 4.55 Å². The number of thiophene rings is 1. The monoisotopic (exact) mass is 250 g/mol. The molecule has 4 nitrogen and oxygen atoms in total. The Morgan fingerprint density at radius 3 is 2.80 bits per heavy atom. The Morgan fingerprint density at radius 1 is 1.40 bits per heavy atom. The van der Waals surface area contributed by atoms with E-state index in [1.165, 1.54) is 5.56 Å². The molecule has 0 aliphatic heterocycles. The van der Waals surface area contributed by atoms with Crippen LogP contribution in [0.2, 0.25) is 0 Å². The van der Waals surface area contributed by atoms with Crippen molar-refractivity contribution in [2.24, 2.45) is 0 Å². The molecule has 0 amide bonds. The van der Waals surface area contributed by atoms with Crippen LogP contribution < -0.4 is 0 Å². The topological polar surface area (TPSA) is 63.6 Å². The standard InChI is InChI=1S/C9H14O4S2/c10-15(11,12)7-1-4-13-5-2-9-3-6-14-8-9/h3,6,8H,1-2,4-5,7H2,(H,10,11,12). The Labute approximate surface area is 93.6 Å². The first-order chi connectivity index (χ1) is 7.08. The Bertz CT molecular complexity index is 355. The van der Waals surface area contributed by atoms with E-state index in [-0.39, 0.29) is 5.75 Å². The molecule has 0 spiro atoms. The molecule has 6 heteroatoms. The fourth-order valence-corrected chi connectivity index (χ4v) is 2.26. The maximum Gasteiger partial charge on any atom is 0.264 e. The molecule has 0 atom stereocenters. The van der Waals surface area contributed by atoms with Crippen LogP contribution in [0.4, 0.5) is 0 Å². The molecule has 0 saturated heterocycles. The zero-order valence-corrected chi connectivity index (χ0v) is 9.89. The number of ether oxygens (including phenoxy) is 1. The van der Waals surface area contributed by atoms with E-state index in [0.29, 0.717) is 19.6 Å². The summed E-state index contributed by atoms with van der Waals surface area (Å²) in [7, 11) is -3.83. The van der Waals surface area contributed by atoms with Crippen molar-refractivity contribution in [3.63, 3.8) is 0 Å². The summed E-state index contributed by atoms with van der Waals surface area (Å²) in [5.41, 5.74) is 1.23. The Balaban J connectivity index is 1.99. The quantitative estimate of drug-likeness (QED) is 0.589. The summed E-state index contributed by atoms with van der Waals surface area (Å²) in [6, 6.07) is 2.03. The molecule has 15 heavy (non-hydrogen) atoms. The van der Waals surface area contributed by atoms with E-state index < -0.39 is 10.1 Å². The smallest absolute Gasteiger partial charge is 0.264 e. The van der Waals surface area contributed by atoms with Crippen LogP contribution in [0.25, 0.3) is 0 Å². The van der Waals surface area contributed by atoms with Crippen LogP contribution in [0, 0.1) is 0 Å². The Morgan fingerprint density at radius 2 is 2.20 bits per heavy atom. The second-order valence-electron chi connectivity index (χ2n) is 3.13. The first-order valence-electron chi connectivity index (χ1n) is 4.62. The van der Waals surface area contributed by atoms with Crippen molar-refractivity contribution in [2.75, 3.05) is 19.0 Å². The van der Waals surface area contributed by atoms with Crippen LogP contribution in [0.5, 0.6) is 0 Å². The van der Waals surface area contributed by atoms with Crippen molar-refractivity contribution in [2.45, 2.75) is 12.8 Å². The average molecular weight is 250 g/mol. The van der Waals surface area contributed by atoms with E-state index in [4.69, 9.17) is 9.29 Å². The lowest BCUT2D eigenvalue weighted by Gasteiger charge is -2.01. The normalized spacial score (nSPS) is 11.8. The van der Waals surface area contributed by atoms with E-state index >= 15 is 0 Å². The first kappa shape index (κ1) is 12.6. The van der Waals surface area contributed by atoms with Crippen molar-refractivity contribution in [3.05, 3.63) is 22.4 Å². The highest BCUT2D eigenvalue weighted by Gasteiger charge is 2.03. The fraction of sp³-hybridized carbons (Fsp3) is 0.556. The molecule has 86 valence electrons. The molecule has 1 heterocycles. The van der Waals surface area contributed by atoms with Crippen LogP contribution in [0.1, 0.15) is 12.0 Å². The molecule has 1 aromatic rings. The van der Waals surface area contributed by atoms with Crippen LogP contribution in [-0.2, 0) is 21.3 Å². The lowest BCUT2D eigenvalue weighted by atomic mass is 10.3. The van der Waals surface area contributed by atoms with Gasteiger partial charge in [0.2, 0.25) is 0 Å². The maximum atomic E-state index is 10.4. The molecule has 1 rings (SSSR count). The zero-order valence-electron chi connectivity index (χ0n) is 8.26. The molecule has 0 bridgehead atoms. The van der Waals surface area contributed by atoms with Gasteiger partial charge in [-0.15, -0.1) is 0 Å². The van der Waals surface area contributed by atoms with Crippen molar-refractivity contribution < 1.29 is 17.7 Å². The second kappa shape index (κ2) is 6.22. The van der Waals surface area contributed by atoms with Gasteiger partial charge in [-0.25, -0.2) is 0 Å². The molecule has 0 aliphatic rings. The summed E-state index contributed by atoms with van der Waals surface area (Å²) in [5.74, 6) is -0.231. The third-order valence-corrected chi connectivity index (χ3v) is 3.34. The number of hydrogen-bond donors (Lipinski definition) is 1. The van der Waals surface area contributed by atoms with Gasteiger partial charge in [-0.2, -0.15) is 19.8 Å². The van der Waals surface area contributed by atoms with E-state index in [1.54, 1.807) is 11.3 Å². The highest BCUT2D eigenvalue weighted by Crippen LogP contribution is 2.06. The molecular formula is C9H14O4S2. The molecule has 1 aromatic heterocycles. The number of rotatable bonds is 7. The number of hydrogen-bond acceptors (Lipinski definition) is 4. The third-order valence-electron chi connectivity index (χ3n) is 1.81. The van der Waals surface area contributed by atoms with Crippen molar-refractivity contribution in [1.29, 1.82) is 0 Å². The van der Waals surface area contributed by atoms with E-state index in [1.807, 2.05) is 11.4 Å². The van der Waals surface area contributed by atoms with Crippen molar-refractivity contribution in [1.82, 2.24) is 0 Å². The highest BCUT2D eigenvalue weighted by molar-refractivity contribution is 7.85. The van der Waals surface area contributed by atoms with E-state index in [0.717, 1.165) is 6.42 Å². The van der Waals surface area contributed by atoms with E-state index in [9.17, 15) is 8.42 Å². The third kappa shape index (κ3) is 6.62. The van der Waals surface area contributed by atoms with Gasteiger partial charge in [0.25, 0.3) is 10.1 Å². The lowest BCUT2D eigenvalue weighted by molar-refractivity contribution is 0.138. The summed E-state index contributed by atoms with van der Waals surface area (Å²) >= 11 is 1.64. The summed E-state index contributed by atoms with van der Waals surface area (Å²) in [4.78, 5) is 0. The van der Waals surface area contributed by atoms with Crippen molar-refractivity contribution in [3.8, 4) is 0 Å². The average Bonchev–Trinajstić information content (AvgIpc) is 2.61. The lowest BCUT2D eigenvalue weighted by Crippen LogP contribution is -2.08. The molecule has 0 aliphatic carbocycles. The van der Waals surface area contributed by atoms with Gasteiger partial charge in [0.05, 0.1) is 12.4 Å². The molecule has 0 fully saturated rings. The minimum atomic E-state index is -3.83. The predicted octanol–water partition coefficient (Wildman–Crippen LogP) is 1.59. The van der Waals surface area contributed by atoms with Crippen LogP contribution in [-0.4, -0.2) is 31.9 Å². The molecule has 0 radical (unpaired) electrons. The van der Waals surface area contributed by atoms with Gasteiger partial charge in [0.1, 0.15) is 0 Å². The second-order valence-corrected chi connectivity index (χ2v) is 5.49. The summed E-state index contributed by atoms with van der Waals surface area (Å²) in [6.45, 7) is 0.951. The van der Waals surface area contributed by atoms with Gasteiger partial charge in [0, 0.05) is 6.61 Å². The van der Waals surface area contributed by atoms with Crippen molar-refractivity contribution >= 4 is 21.5 Å². The summed E-state index contributed by atoms with van der Waals surface area (Å²) < 4.78 is 34.4. The summed E-state index contributed by atoms with van der Waals surface area (Å²) in [5, 5.41) is 4.06. The van der Waals surface area contributed by atoms with Gasteiger partial charge in [0.15, 0.2) is 0 Å². The van der Waals surface area contributed by atoms with Gasteiger partial charge in [-0.1, -0.05) is 0 Å². The van der Waals surface area contributed by atoms with Crippen LogP contribution >= 0.6 is 11.3 Å². The van der Waals surface area contributed by atoms with Gasteiger partial charge >= 0.3 is 0 Å². The zero-order chi connectivity index (χ0) is 11.1. The predicted molar refractivity (Wildman–Crippen MR) is 59.9 cm³/mol.